The molecule has 1 aromatic carbocycles. The normalized spacial score (nSPS) is 12.6. The maximum absolute atomic E-state index is 6.32. The van der Waals surface area contributed by atoms with Gasteiger partial charge in [-0.25, -0.2) is 0 Å². The lowest BCUT2D eigenvalue weighted by Gasteiger charge is -2.16. The minimum Gasteiger partial charge on any atom is -0.316 e. The van der Waals surface area contributed by atoms with Crippen LogP contribution in [-0.4, -0.2) is 28.6 Å². The van der Waals surface area contributed by atoms with Gasteiger partial charge in [0.05, 0.1) is 5.69 Å². The number of hydrogen-bond donors (Lipinski definition) is 1. The molecule has 1 atom stereocenters. The molecule has 1 aromatic heterocycles. The predicted molar refractivity (Wildman–Crippen MR) is 91.4 cm³/mol. The minimum absolute atomic E-state index is 0.371. The summed E-state index contributed by atoms with van der Waals surface area (Å²) in [6.07, 6.45) is 0.897. The lowest BCUT2D eigenvalue weighted by atomic mass is 10.1. The number of hydrogen-bond acceptors (Lipinski definition) is 3. The van der Waals surface area contributed by atoms with E-state index in [4.69, 9.17) is 11.6 Å². The van der Waals surface area contributed by atoms with E-state index in [2.05, 4.69) is 41.6 Å². The number of benzene rings is 1. The Kier molecular flexibility index (Phi) is 5.73. The van der Waals surface area contributed by atoms with Gasteiger partial charge in [-0.1, -0.05) is 29.3 Å². The second-order valence-electron chi connectivity index (χ2n) is 5.30. The molecular weight excluding hydrogens is 302 g/mol. The maximum Gasteiger partial charge on any atom is 0.130 e. The maximum atomic E-state index is 6.32. The molecule has 114 valence electrons. The van der Waals surface area contributed by atoms with E-state index < -0.39 is 0 Å². The van der Waals surface area contributed by atoms with Gasteiger partial charge in [0.25, 0.3) is 0 Å². The van der Waals surface area contributed by atoms with Crippen LogP contribution in [0.5, 0.6) is 0 Å². The number of thioether (sulfide) groups is 1. The van der Waals surface area contributed by atoms with Gasteiger partial charge in [-0.2, -0.15) is 5.10 Å². The van der Waals surface area contributed by atoms with Crippen molar-refractivity contribution < 1.29 is 0 Å². The molecule has 0 saturated carbocycles. The number of nitrogens with one attached hydrogen (secondary N) is 1. The van der Waals surface area contributed by atoms with Gasteiger partial charge < -0.3 is 5.32 Å². The van der Waals surface area contributed by atoms with Gasteiger partial charge in [-0.15, -0.1) is 11.8 Å². The third kappa shape index (κ3) is 4.25. The molecule has 2 aromatic rings. The molecule has 3 nitrogen and oxygen atoms in total. The van der Waals surface area contributed by atoms with Crippen LogP contribution in [0.25, 0.3) is 0 Å². The fourth-order valence-electron chi connectivity index (χ4n) is 2.30. The molecule has 1 heterocycles. The van der Waals surface area contributed by atoms with Crippen LogP contribution in [0, 0.1) is 13.8 Å². The van der Waals surface area contributed by atoms with E-state index in [1.807, 2.05) is 32.8 Å². The van der Waals surface area contributed by atoms with Gasteiger partial charge in [-0.05, 0) is 39.4 Å². The zero-order valence-corrected chi connectivity index (χ0v) is 14.6. The van der Waals surface area contributed by atoms with Crippen LogP contribution in [-0.2, 0) is 13.5 Å². The Morgan fingerprint density at radius 2 is 2.14 bits per heavy atom. The monoisotopic (exact) mass is 323 g/mol. The average Bonchev–Trinajstić information content (AvgIpc) is 2.69. The average molecular weight is 324 g/mol. The van der Waals surface area contributed by atoms with Crippen molar-refractivity contribution >= 4 is 23.4 Å². The van der Waals surface area contributed by atoms with Crippen molar-refractivity contribution in [2.45, 2.75) is 31.2 Å². The lowest BCUT2D eigenvalue weighted by Crippen LogP contribution is -2.30. The summed E-state index contributed by atoms with van der Waals surface area (Å²) in [5.74, 6) is 1.00. The molecule has 2 rings (SSSR count). The second-order valence-corrected chi connectivity index (χ2v) is 6.75. The molecule has 0 aliphatic rings. The molecule has 0 aliphatic carbocycles. The van der Waals surface area contributed by atoms with Crippen LogP contribution < -0.4 is 5.32 Å². The van der Waals surface area contributed by atoms with Crippen molar-refractivity contribution in [2.75, 3.05) is 12.8 Å². The molecule has 0 spiro atoms. The minimum atomic E-state index is 0.371. The third-order valence-electron chi connectivity index (χ3n) is 3.57. The van der Waals surface area contributed by atoms with Crippen molar-refractivity contribution in [1.82, 2.24) is 15.1 Å². The zero-order chi connectivity index (χ0) is 15.4. The van der Waals surface area contributed by atoms with Crippen molar-refractivity contribution in [2.24, 2.45) is 7.05 Å². The number of aromatic nitrogens is 2. The highest BCUT2D eigenvalue weighted by molar-refractivity contribution is 7.99. The van der Waals surface area contributed by atoms with Gasteiger partial charge in [0.2, 0.25) is 0 Å². The highest BCUT2D eigenvalue weighted by Crippen LogP contribution is 2.24. The predicted octanol–water partition coefficient (Wildman–Crippen LogP) is 3.61. The first kappa shape index (κ1) is 16.4. The lowest BCUT2D eigenvalue weighted by molar-refractivity contribution is 0.615. The summed E-state index contributed by atoms with van der Waals surface area (Å²) in [6.45, 7) is 4.14. The number of likely N-dealkylation sites (N-methyl/N-ethyl adjacent to an activating group) is 1. The van der Waals surface area contributed by atoms with Crippen LogP contribution in [0.3, 0.4) is 0 Å². The standard InChI is InChI=1S/C16H22ClN3S/c1-11-6-5-7-14(8-11)21-10-13(18-3)9-15-12(2)19-20(4)16(15)17/h5-8,13,18H,9-10H2,1-4H3. The first-order valence-corrected chi connectivity index (χ1v) is 8.42. The van der Waals surface area contributed by atoms with Crippen LogP contribution in [0.15, 0.2) is 29.2 Å². The second kappa shape index (κ2) is 7.34. The van der Waals surface area contributed by atoms with Gasteiger partial charge in [0.15, 0.2) is 0 Å². The number of rotatable bonds is 6. The molecule has 0 radical (unpaired) electrons. The highest BCUT2D eigenvalue weighted by Gasteiger charge is 2.16. The van der Waals surface area contributed by atoms with E-state index >= 15 is 0 Å². The van der Waals surface area contributed by atoms with Gasteiger partial charge in [0.1, 0.15) is 5.15 Å². The summed E-state index contributed by atoms with van der Waals surface area (Å²) in [5, 5.41) is 8.50. The van der Waals surface area contributed by atoms with E-state index in [0.29, 0.717) is 6.04 Å². The van der Waals surface area contributed by atoms with E-state index in [1.54, 1.807) is 4.68 Å². The Balaban J connectivity index is 2.00. The van der Waals surface area contributed by atoms with Crippen molar-refractivity contribution in [3.05, 3.63) is 46.2 Å². The Morgan fingerprint density at radius 1 is 1.38 bits per heavy atom. The van der Waals surface area contributed by atoms with Crippen molar-refractivity contribution in [3.8, 4) is 0 Å². The van der Waals surface area contributed by atoms with Gasteiger partial charge >= 0.3 is 0 Å². The van der Waals surface area contributed by atoms with Crippen molar-refractivity contribution in [1.29, 1.82) is 0 Å². The highest BCUT2D eigenvalue weighted by atomic mass is 35.5. The zero-order valence-electron chi connectivity index (χ0n) is 13.0. The molecular formula is C16H22ClN3S. The Bertz CT molecular complexity index is 610. The van der Waals surface area contributed by atoms with Crippen LogP contribution in [0.2, 0.25) is 5.15 Å². The third-order valence-corrected chi connectivity index (χ3v) is 5.20. The summed E-state index contributed by atoms with van der Waals surface area (Å²) >= 11 is 8.19. The van der Waals surface area contributed by atoms with Crippen LogP contribution in [0.1, 0.15) is 16.8 Å². The molecule has 21 heavy (non-hydrogen) atoms. The molecule has 0 fully saturated rings. The Morgan fingerprint density at radius 3 is 2.71 bits per heavy atom. The molecule has 1 N–H and O–H groups in total. The summed E-state index contributed by atoms with van der Waals surface area (Å²) in [5.41, 5.74) is 3.46. The van der Waals surface area contributed by atoms with E-state index in [0.717, 1.165) is 28.6 Å². The van der Waals surface area contributed by atoms with E-state index in [1.165, 1.54) is 10.5 Å². The summed E-state index contributed by atoms with van der Waals surface area (Å²) in [6, 6.07) is 8.98. The van der Waals surface area contributed by atoms with E-state index in [9.17, 15) is 0 Å². The summed E-state index contributed by atoms with van der Waals surface area (Å²) in [4.78, 5) is 1.31. The summed E-state index contributed by atoms with van der Waals surface area (Å²) in [7, 11) is 3.88. The number of halogens is 1. The molecule has 5 heteroatoms. The van der Waals surface area contributed by atoms with Crippen molar-refractivity contribution in [3.63, 3.8) is 0 Å². The largest absolute Gasteiger partial charge is 0.316 e. The fraction of sp³-hybridized carbons (Fsp3) is 0.438. The molecule has 0 bridgehead atoms. The molecule has 0 aliphatic heterocycles. The van der Waals surface area contributed by atoms with Gasteiger partial charge in [-0.3, -0.25) is 4.68 Å². The first-order chi connectivity index (χ1) is 10.0. The Hall–Kier alpha value is -0.970. The van der Waals surface area contributed by atoms with Crippen LogP contribution in [0.4, 0.5) is 0 Å². The van der Waals surface area contributed by atoms with Gasteiger partial charge in [0, 0.05) is 29.3 Å². The number of nitrogens with zero attached hydrogens (tertiary/aromatic N) is 2. The smallest absolute Gasteiger partial charge is 0.130 e. The Labute approximate surface area is 136 Å². The quantitative estimate of drug-likeness (QED) is 0.824. The SMILES string of the molecule is CNC(CSc1cccc(C)c1)Cc1c(C)nn(C)c1Cl. The van der Waals surface area contributed by atoms with E-state index in [-0.39, 0.29) is 0 Å². The molecule has 1 unspecified atom stereocenters. The number of aryl methyl sites for hydroxylation is 3. The fourth-order valence-corrected chi connectivity index (χ4v) is 3.67. The van der Waals surface area contributed by atoms with Crippen LogP contribution >= 0.6 is 23.4 Å². The summed E-state index contributed by atoms with van der Waals surface area (Å²) < 4.78 is 1.74. The topological polar surface area (TPSA) is 29.9 Å². The first-order valence-electron chi connectivity index (χ1n) is 7.06. The molecule has 0 amide bonds. The molecule has 0 saturated heterocycles.